The molecule has 3 rings (SSSR count). The second kappa shape index (κ2) is 6.28. The highest BCUT2D eigenvalue weighted by atomic mass is 35.5. The molecular weight excluding hydrogens is 302 g/mol. The number of nitrogens with zero attached hydrogens (tertiary/aromatic N) is 1. The first-order valence-electron chi connectivity index (χ1n) is 7.03. The van der Waals surface area contributed by atoms with Gasteiger partial charge in [-0.25, -0.2) is 0 Å². The highest BCUT2D eigenvalue weighted by molar-refractivity contribution is 6.30. The number of fused-ring (bicyclic) bond motifs is 1. The van der Waals surface area contributed by atoms with E-state index in [1.807, 2.05) is 24.3 Å². The van der Waals surface area contributed by atoms with E-state index in [1.54, 1.807) is 30.1 Å². The Morgan fingerprint density at radius 3 is 2.68 bits per heavy atom. The van der Waals surface area contributed by atoms with Crippen LogP contribution in [0.3, 0.4) is 0 Å². The van der Waals surface area contributed by atoms with Gasteiger partial charge in [-0.1, -0.05) is 23.7 Å². The normalized spacial score (nSPS) is 12.8. The second-order valence-corrected chi connectivity index (χ2v) is 5.59. The predicted octanol–water partition coefficient (Wildman–Crippen LogP) is 3.38. The largest absolute Gasteiger partial charge is 0.486 e. The molecule has 1 heterocycles. The van der Waals surface area contributed by atoms with Crippen molar-refractivity contribution in [2.75, 3.05) is 20.3 Å². The zero-order valence-corrected chi connectivity index (χ0v) is 13.0. The van der Waals surface area contributed by atoms with Crippen LogP contribution in [0, 0.1) is 0 Å². The molecule has 0 fully saturated rings. The SMILES string of the molecule is CN(Cc1cccc(Cl)c1)C(=O)c1ccc2c(c1)OCCO2. The molecule has 4 nitrogen and oxygen atoms in total. The van der Waals surface area contributed by atoms with Gasteiger partial charge in [-0.05, 0) is 35.9 Å². The number of halogens is 1. The van der Waals surface area contributed by atoms with Gasteiger partial charge in [0.05, 0.1) is 0 Å². The zero-order chi connectivity index (χ0) is 15.5. The van der Waals surface area contributed by atoms with Crippen LogP contribution in [0.15, 0.2) is 42.5 Å². The lowest BCUT2D eigenvalue weighted by Crippen LogP contribution is -2.26. The van der Waals surface area contributed by atoms with Crippen LogP contribution in [0.4, 0.5) is 0 Å². The molecule has 0 radical (unpaired) electrons. The lowest BCUT2D eigenvalue weighted by molar-refractivity contribution is 0.0784. The molecule has 0 aliphatic carbocycles. The molecule has 0 bridgehead atoms. The molecule has 2 aromatic carbocycles. The lowest BCUT2D eigenvalue weighted by Gasteiger charge is -2.21. The van der Waals surface area contributed by atoms with E-state index < -0.39 is 0 Å². The molecule has 1 aliphatic heterocycles. The van der Waals surface area contributed by atoms with Crippen LogP contribution in [-0.4, -0.2) is 31.1 Å². The summed E-state index contributed by atoms with van der Waals surface area (Å²) in [4.78, 5) is 14.2. The average Bonchev–Trinajstić information content (AvgIpc) is 2.53. The fraction of sp³-hybridized carbons (Fsp3) is 0.235. The van der Waals surface area contributed by atoms with Crippen molar-refractivity contribution in [2.24, 2.45) is 0 Å². The molecule has 0 aromatic heterocycles. The summed E-state index contributed by atoms with van der Waals surface area (Å²) in [6.45, 7) is 1.53. The van der Waals surface area contributed by atoms with Gasteiger partial charge in [0.15, 0.2) is 11.5 Å². The number of amides is 1. The van der Waals surface area contributed by atoms with Gasteiger partial charge in [0.2, 0.25) is 0 Å². The smallest absolute Gasteiger partial charge is 0.254 e. The molecule has 5 heteroatoms. The van der Waals surface area contributed by atoms with E-state index in [0.29, 0.717) is 41.8 Å². The van der Waals surface area contributed by atoms with Crippen LogP contribution in [0.25, 0.3) is 0 Å². The quantitative estimate of drug-likeness (QED) is 0.871. The third kappa shape index (κ3) is 3.17. The Bertz CT molecular complexity index is 702. The van der Waals surface area contributed by atoms with E-state index in [0.717, 1.165) is 5.56 Å². The molecule has 0 saturated heterocycles. The van der Waals surface area contributed by atoms with Crippen LogP contribution in [0.1, 0.15) is 15.9 Å². The molecule has 0 spiro atoms. The van der Waals surface area contributed by atoms with Crippen molar-refractivity contribution < 1.29 is 14.3 Å². The maximum absolute atomic E-state index is 12.5. The van der Waals surface area contributed by atoms with Gasteiger partial charge in [0.25, 0.3) is 5.91 Å². The Morgan fingerprint density at radius 2 is 1.91 bits per heavy atom. The first kappa shape index (κ1) is 14.7. The van der Waals surface area contributed by atoms with Crippen LogP contribution < -0.4 is 9.47 Å². The van der Waals surface area contributed by atoms with Gasteiger partial charge >= 0.3 is 0 Å². The summed E-state index contributed by atoms with van der Waals surface area (Å²) in [5, 5.41) is 0.665. The summed E-state index contributed by atoms with van der Waals surface area (Å²) in [5.74, 6) is 1.23. The van der Waals surface area contributed by atoms with Crippen molar-refractivity contribution in [1.82, 2.24) is 4.90 Å². The van der Waals surface area contributed by atoms with Crippen molar-refractivity contribution in [1.29, 1.82) is 0 Å². The molecule has 1 amide bonds. The topological polar surface area (TPSA) is 38.8 Å². The van der Waals surface area contributed by atoms with E-state index in [9.17, 15) is 4.79 Å². The first-order chi connectivity index (χ1) is 10.6. The lowest BCUT2D eigenvalue weighted by atomic mass is 10.1. The third-order valence-electron chi connectivity index (χ3n) is 3.44. The second-order valence-electron chi connectivity index (χ2n) is 5.15. The van der Waals surface area contributed by atoms with Crippen LogP contribution >= 0.6 is 11.6 Å². The van der Waals surface area contributed by atoms with Crippen molar-refractivity contribution in [3.63, 3.8) is 0 Å². The van der Waals surface area contributed by atoms with Crippen molar-refractivity contribution >= 4 is 17.5 Å². The number of ether oxygens (including phenoxy) is 2. The maximum atomic E-state index is 12.5. The van der Waals surface area contributed by atoms with Gasteiger partial charge in [0, 0.05) is 24.2 Å². The molecule has 0 unspecified atom stereocenters. The number of hydrogen-bond donors (Lipinski definition) is 0. The summed E-state index contributed by atoms with van der Waals surface area (Å²) in [5.41, 5.74) is 1.56. The highest BCUT2D eigenvalue weighted by Gasteiger charge is 2.17. The molecule has 1 aliphatic rings. The summed E-state index contributed by atoms with van der Waals surface area (Å²) >= 11 is 5.97. The van der Waals surface area contributed by atoms with Gasteiger partial charge in [-0.3, -0.25) is 4.79 Å². The van der Waals surface area contributed by atoms with Crippen LogP contribution in [0.5, 0.6) is 11.5 Å². The minimum atomic E-state index is -0.0723. The number of carbonyl (C=O) groups is 1. The highest BCUT2D eigenvalue weighted by Crippen LogP contribution is 2.31. The van der Waals surface area contributed by atoms with Gasteiger partial charge < -0.3 is 14.4 Å². The van der Waals surface area contributed by atoms with Crippen LogP contribution in [-0.2, 0) is 6.54 Å². The standard InChI is InChI=1S/C17H16ClNO3/c1-19(11-12-3-2-4-14(18)9-12)17(20)13-5-6-15-16(10-13)22-8-7-21-15/h2-6,9-10H,7-8,11H2,1H3. The van der Waals surface area contributed by atoms with E-state index in [4.69, 9.17) is 21.1 Å². The Labute approximate surface area is 134 Å². The van der Waals surface area contributed by atoms with Gasteiger partial charge in [-0.2, -0.15) is 0 Å². The molecule has 22 heavy (non-hydrogen) atoms. The number of hydrogen-bond acceptors (Lipinski definition) is 3. The Kier molecular flexibility index (Phi) is 4.20. The summed E-state index contributed by atoms with van der Waals surface area (Å²) in [6, 6.07) is 12.7. The number of carbonyl (C=O) groups excluding carboxylic acids is 1. The van der Waals surface area contributed by atoms with Gasteiger partial charge in [-0.15, -0.1) is 0 Å². The molecular formula is C17H16ClNO3. The summed E-state index contributed by atoms with van der Waals surface area (Å²) < 4.78 is 11.0. The van der Waals surface area contributed by atoms with Crippen LogP contribution in [0.2, 0.25) is 5.02 Å². The zero-order valence-electron chi connectivity index (χ0n) is 12.2. The van der Waals surface area contributed by atoms with Gasteiger partial charge in [0.1, 0.15) is 13.2 Å². The van der Waals surface area contributed by atoms with Crippen molar-refractivity contribution in [3.8, 4) is 11.5 Å². The van der Waals surface area contributed by atoms with E-state index in [1.165, 1.54) is 0 Å². The molecule has 0 N–H and O–H groups in total. The Balaban J connectivity index is 1.75. The first-order valence-corrected chi connectivity index (χ1v) is 7.41. The third-order valence-corrected chi connectivity index (χ3v) is 3.68. The predicted molar refractivity (Wildman–Crippen MR) is 84.7 cm³/mol. The minimum absolute atomic E-state index is 0.0723. The minimum Gasteiger partial charge on any atom is -0.486 e. The summed E-state index contributed by atoms with van der Waals surface area (Å²) in [6.07, 6.45) is 0. The van der Waals surface area contributed by atoms with E-state index >= 15 is 0 Å². The number of rotatable bonds is 3. The summed E-state index contributed by atoms with van der Waals surface area (Å²) in [7, 11) is 1.76. The monoisotopic (exact) mass is 317 g/mol. The Morgan fingerprint density at radius 1 is 1.14 bits per heavy atom. The molecule has 2 aromatic rings. The van der Waals surface area contributed by atoms with E-state index in [2.05, 4.69) is 0 Å². The number of benzene rings is 2. The molecule has 0 saturated carbocycles. The van der Waals surface area contributed by atoms with Crippen molar-refractivity contribution in [2.45, 2.75) is 6.54 Å². The fourth-order valence-electron chi connectivity index (χ4n) is 2.38. The fourth-order valence-corrected chi connectivity index (χ4v) is 2.59. The Hall–Kier alpha value is -2.20. The molecule has 114 valence electrons. The molecule has 0 atom stereocenters. The maximum Gasteiger partial charge on any atom is 0.254 e. The van der Waals surface area contributed by atoms with E-state index in [-0.39, 0.29) is 5.91 Å². The average molecular weight is 318 g/mol. The van der Waals surface area contributed by atoms with Crippen molar-refractivity contribution in [3.05, 3.63) is 58.6 Å².